The van der Waals surface area contributed by atoms with Crippen LogP contribution >= 0.6 is 0 Å². The highest BCUT2D eigenvalue weighted by Crippen LogP contribution is 2.29. The van der Waals surface area contributed by atoms with Gasteiger partial charge >= 0.3 is 0 Å². The fourth-order valence-corrected chi connectivity index (χ4v) is 3.35. The predicted octanol–water partition coefficient (Wildman–Crippen LogP) is 4.11. The van der Waals surface area contributed by atoms with E-state index in [9.17, 15) is 4.39 Å². The first-order chi connectivity index (χ1) is 11.8. The van der Waals surface area contributed by atoms with Crippen molar-refractivity contribution < 1.29 is 4.39 Å². The van der Waals surface area contributed by atoms with Crippen LogP contribution in [-0.4, -0.2) is 42.5 Å². The first kappa shape index (κ1) is 16.9. The van der Waals surface area contributed by atoms with E-state index in [0.717, 1.165) is 38.3 Å². The molecule has 0 aliphatic carbocycles. The van der Waals surface area contributed by atoms with Gasteiger partial charge in [-0.2, -0.15) is 0 Å². The summed E-state index contributed by atoms with van der Waals surface area (Å²) in [6.45, 7) is 7.26. The van der Waals surface area contributed by atoms with E-state index < -0.39 is 0 Å². The third kappa shape index (κ3) is 4.11. The van der Waals surface area contributed by atoms with Gasteiger partial charge in [0.05, 0.1) is 6.04 Å². The Bertz CT molecular complexity index is 643. The summed E-state index contributed by atoms with van der Waals surface area (Å²) >= 11 is 0. The molecule has 1 heterocycles. The Morgan fingerprint density at radius 2 is 1.54 bits per heavy atom. The molecule has 1 aliphatic rings. The molecule has 0 aromatic heterocycles. The van der Waals surface area contributed by atoms with Gasteiger partial charge in [-0.3, -0.25) is 9.80 Å². The zero-order valence-corrected chi connectivity index (χ0v) is 14.2. The summed E-state index contributed by atoms with van der Waals surface area (Å²) in [7, 11) is 0. The van der Waals surface area contributed by atoms with Crippen LogP contribution in [-0.2, 0) is 0 Å². The van der Waals surface area contributed by atoms with Gasteiger partial charge in [0.25, 0.3) is 0 Å². The van der Waals surface area contributed by atoms with Gasteiger partial charge in [-0.25, -0.2) is 4.39 Å². The van der Waals surface area contributed by atoms with Crippen molar-refractivity contribution in [2.45, 2.75) is 13.0 Å². The van der Waals surface area contributed by atoms with Crippen molar-refractivity contribution in [2.75, 3.05) is 32.7 Å². The third-order valence-corrected chi connectivity index (χ3v) is 4.67. The smallest absolute Gasteiger partial charge is 0.123 e. The second kappa shape index (κ2) is 8.22. The molecule has 1 aliphatic heterocycles. The molecule has 1 saturated heterocycles. The Balaban J connectivity index is 1.80. The fourth-order valence-electron chi connectivity index (χ4n) is 3.35. The van der Waals surface area contributed by atoms with E-state index in [0.29, 0.717) is 0 Å². The number of nitrogens with zero attached hydrogens (tertiary/aromatic N) is 2. The molecule has 2 aromatic carbocycles. The number of benzene rings is 2. The summed E-state index contributed by atoms with van der Waals surface area (Å²) in [6, 6.07) is 17.7. The van der Waals surface area contributed by atoms with Gasteiger partial charge in [-0.1, -0.05) is 54.6 Å². The van der Waals surface area contributed by atoms with Crippen LogP contribution < -0.4 is 0 Å². The monoisotopic (exact) mass is 324 g/mol. The van der Waals surface area contributed by atoms with Gasteiger partial charge < -0.3 is 0 Å². The van der Waals surface area contributed by atoms with Gasteiger partial charge in [0.2, 0.25) is 0 Å². The third-order valence-electron chi connectivity index (χ3n) is 4.67. The lowest BCUT2D eigenvalue weighted by molar-refractivity contribution is 0.117. The average molecular weight is 324 g/mol. The number of rotatable bonds is 5. The highest BCUT2D eigenvalue weighted by atomic mass is 19.1. The first-order valence-corrected chi connectivity index (χ1v) is 8.66. The van der Waals surface area contributed by atoms with Gasteiger partial charge in [0, 0.05) is 32.7 Å². The summed E-state index contributed by atoms with van der Waals surface area (Å²) in [4.78, 5) is 4.98. The van der Waals surface area contributed by atoms with E-state index in [4.69, 9.17) is 0 Å². The molecular weight excluding hydrogens is 299 g/mol. The lowest BCUT2D eigenvalue weighted by Crippen LogP contribution is -2.47. The quantitative estimate of drug-likeness (QED) is 0.764. The summed E-state index contributed by atoms with van der Waals surface area (Å²) in [5, 5.41) is 0. The zero-order chi connectivity index (χ0) is 16.8. The summed E-state index contributed by atoms with van der Waals surface area (Å²) in [6.07, 6.45) is 4.32. The van der Waals surface area contributed by atoms with E-state index in [1.54, 1.807) is 12.1 Å². The number of halogens is 1. The molecule has 1 atom stereocenters. The van der Waals surface area contributed by atoms with Crippen LogP contribution in [0.5, 0.6) is 0 Å². The van der Waals surface area contributed by atoms with E-state index >= 15 is 0 Å². The van der Waals surface area contributed by atoms with Crippen LogP contribution in [0.15, 0.2) is 66.7 Å². The normalized spacial score (nSPS) is 18.1. The van der Waals surface area contributed by atoms with Crippen LogP contribution in [0.1, 0.15) is 24.1 Å². The molecule has 0 saturated carbocycles. The highest BCUT2D eigenvalue weighted by Gasteiger charge is 2.25. The van der Waals surface area contributed by atoms with Crippen molar-refractivity contribution in [3.05, 3.63) is 83.7 Å². The largest absolute Gasteiger partial charge is 0.297 e. The molecule has 126 valence electrons. The lowest BCUT2D eigenvalue weighted by atomic mass is 9.96. The Hall–Kier alpha value is -1.97. The second-order valence-electron chi connectivity index (χ2n) is 6.27. The summed E-state index contributed by atoms with van der Waals surface area (Å²) in [5.74, 6) is -0.179. The van der Waals surface area contributed by atoms with Crippen molar-refractivity contribution in [3.63, 3.8) is 0 Å². The molecular formula is C21H25FN2. The molecule has 3 heteroatoms. The van der Waals surface area contributed by atoms with Crippen LogP contribution in [0, 0.1) is 5.82 Å². The van der Waals surface area contributed by atoms with Crippen molar-refractivity contribution in [1.82, 2.24) is 9.80 Å². The standard InChI is InChI=1S/C21H25FN2/c1-2-3-13-23-14-16-24(17-15-23)21(18-7-5-4-6-8-18)19-9-11-20(22)12-10-19/h2-12,21H,13-17H2,1H3/b3-2+. The number of hydrogen-bond acceptors (Lipinski definition) is 2. The zero-order valence-electron chi connectivity index (χ0n) is 14.2. The maximum atomic E-state index is 13.3. The fraction of sp³-hybridized carbons (Fsp3) is 0.333. The SMILES string of the molecule is C/C=C/CN1CCN(C(c2ccccc2)c2ccc(F)cc2)CC1. The lowest BCUT2D eigenvalue weighted by Gasteiger charge is -2.39. The minimum Gasteiger partial charge on any atom is -0.297 e. The maximum absolute atomic E-state index is 13.3. The van der Waals surface area contributed by atoms with Crippen LogP contribution in [0.2, 0.25) is 0 Å². The van der Waals surface area contributed by atoms with Crippen LogP contribution in [0.3, 0.4) is 0 Å². The van der Waals surface area contributed by atoms with Crippen molar-refractivity contribution in [3.8, 4) is 0 Å². The molecule has 0 amide bonds. The molecule has 0 bridgehead atoms. The van der Waals surface area contributed by atoms with Crippen molar-refractivity contribution in [1.29, 1.82) is 0 Å². The van der Waals surface area contributed by atoms with Gasteiger partial charge in [0.15, 0.2) is 0 Å². The number of hydrogen-bond donors (Lipinski definition) is 0. The minimum absolute atomic E-state index is 0.179. The van der Waals surface area contributed by atoms with E-state index in [2.05, 4.69) is 53.1 Å². The van der Waals surface area contributed by atoms with E-state index in [1.807, 2.05) is 18.2 Å². The Kier molecular flexibility index (Phi) is 5.78. The molecule has 3 rings (SSSR count). The first-order valence-electron chi connectivity index (χ1n) is 8.66. The van der Waals surface area contributed by atoms with E-state index in [1.165, 1.54) is 5.56 Å². The molecule has 24 heavy (non-hydrogen) atoms. The topological polar surface area (TPSA) is 6.48 Å². The highest BCUT2D eigenvalue weighted by molar-refractivity contribution is 5.32. The van der Waals surface area contributed by atoms with Crippen molar-refractivity contribution in [2.24, 2.45) is 0 Å². The Morgan fingerprint density at radius 3 is 2.17 bits per heavy atom. The molecule has 0 radical (unpaired) electrons. The van der Waals surface area contributed by atoms with Crippen LogP contribution in [0.25, 0.3) is 0 Å². The van der Waals surface area contributed by atoms with Crippen molar-refractivity contribution >= 4 is 0 Å². The summed E-state index contributed by atoms with van der Waals surface area (Å²) < 4.78 is 13.3. The number of allylic oxidation sites excluding steroid dienone is 1. The predicted molar refractivity (Wildman–Crippen MR) is 97.5 cm³/mol. The summed E-state index contributed by atoms with van der Waals surface area (Å²) in [5.41, 5.74) is 2.43. The molecule has 1 unspecified atom stereocenters. The Labute approximate surface area is 144 Å². The van der Waals surface area contributed by atoms with Gasteiger partial charge in [-0.15, -0.1) is 0 Å². The maximum Gasteiger partial charge on any atom is 0.123 e. The Morgan fingerprint density at radius 1 is 0.917 bits per heavy atom. The number of piperazine rings is 1. The molecule has 0 spiro atoms. The minimum atomic E-state index is -0.179. The molecule has 1 fully saturated rings. The van der Waals surface area contributed by atoms with Gasteiger partial charge in [0.1, 0.15) is 5.82 Å². The molecule has 2 aromatic rings. The van der Waals surface area contributed by atoms with E-state index in [-0.39, 0.29) is 11.9 Å². The second-order valence-corrected chi connectivity index (χ2v) is 6.27. The van der Waals surface area contributed by atoms with Crippen LogP contribution in [0.4, 0.5) is 4.39 Å². The van der Waals surface area contributed by atoms with Gasteiger partial charge in [-0.05, 0) is 30.2 Å². The molecule has 2 nitrogen and oxygen atoms in total. The average Bonchev–Trinajstić information content (AvgIpc) is 2.64. The molecule has 0 N–H and O–H groups in total.